The molecule has 116 valence electrons. The molecule has 0 aromatic rings. The van der Waals surface area contributed by atoms with Crippen LogP contribution in [0.4, 0.5) is 13.2 Å². The topological polar surface area (TPSA) is 81.9 Å². The number of rotatable bonds is 0. The highest BCUT2D eigenvalue weighted by atomic mass is 32.2. The Morgan fingerprint density at radius 3 is 1.53 bits per heavy atom. The maximum absolute atomic E-state index is 10.7. The van der Waals surface area contributed by atoms with Gasteiger partial charge < -0.3 is 4.55 Å². The quantitative estimate of drug-likeness (QED) is 0.518. The molecular weight excluding hydrogens is 287 g/mol. The summed E-state index contributed by atoms with van der Waals surface area (Å²) >= 11 is 0. The Morgan fingerprint density at radius 2 is 1.37 bits per heavy atom. The van der Waals surface area contributed by atoms with E-state index >= 15 is 0 Å². The van der Waals surface area contributed by atoms with Crippen LogP contribution in [0.15, 0.2) is 0 Å². The van der Waals surface area contributed by atoms with E-state index in [0.717, 1.165) is 12.8 Å². The lowest BCUT2D eigenvalue weighted by Crippen LogP contribution is -3.24. The van der Waals surface area contributed by atoms with E-state index in [0.29, 0.717) is 5.06 Å². The van der Waals surface area contributed by atoms with Crippen molar-refractivity contribution >= 4 is 10.1 Å². The Kier molecular flexibility index (Phi) is 5.44. The van der Waals surface area contributed by atoms with Crippen LogP contribution in [0.3, 0.4) is 0 Å². The molecule has 5 nitrogen and oxygen atoms in total. The lowest BCUT2D eigenvalue weighted by atomic mass is 9.82. The van der Waals surface area contributed by atoms with Crippen LogP contribution in [-0.4, -0.2) is 34.8 Å². The zero-order chi connectivity index (χ0) is 15.7. The maximum Gasteiger partial charge on any atom is 0.485 e. The van der Waals surface area contributed by atoms with Crippen LogP contribution >= 0.6 is 0 Å². The van der Waals surface area contributed by atoms with Crippen molar-refractivity contribution in [2.75, 3.05) is 0 Å². The first-order valence-corrected chi connectivity index (χ1v) is 7.11. The van der Waals surface area contributed by atoms with Gasteiger partial charge in [-0.05, 0) is 34.1 Å². The molecule has 19 heavy (non-hydrogen) atoms. The van der Waals surface area contributed by atoms with Gasteiger partial charge in [-0.3, -0.25) is 0 Å². The second kappa shape index (κ2) is 5.55. The number of alkyl halides is 3. The fourth-order valence-corrected chi connectivity index (χ4v) is 2.13. The Balaban J connectivity index is 0.000000362. The molecule has 1 rings (SSSR count). The summed E-state index contributed by atoms with van der Waals surface area (Å²) in [7, 11) is -6.09. The van der Waals surface area contributed by atoms with Crippen molar-refractivity contribution in [3.05, 3.63) is 0 Å². The molecule has 0 aromatic heterocycles. The summed E-state index contributed by atoms with van der Waals surface area (Å²) < 4.78 is 58.9. The number of hydrogen-bond acceptors (Lipinski definition) is 4. The Hall–Kier alpha value is -0.380. The van der Waals surface area contributed by atoms with Crippen LogP contribution in [0, 0.1) is 0 Å². The third kappa shape index (κ3) is 5.25. The van der Waals surface area contributed by atoms with Gasteiger partial charge in [0.15, 0.2) is 10.1 Å². The molecule has 0 aromatic carbocycles. The van der Waals surface area contributed by atoms with E-state index in [1.165, 1.54) is 6.42 Å². The van der Waals surface area contributed by atoms with Gasteiger partial charge in [0, 0.05) is 12.8 Å². The molecule has 1 heterocycles. The molecule has 1 aliphatic rings. The van der Waals surface area contributed by atoms with Crippen molar-refractivity contribution in [1.82, 2.24) is 0 Å². The van der Waals surface area contributed by atoms with E-state index in [1.54, 1.807) is 0 Å². The van der Waals surface area contributed by atoms with Crippen LogP contribution < -0.4 is 5.06 Å². The van der Waals surface area contributed by atoms with Gasteiger partial charge in [0.1, 0.15) is 11.1 Å². The Labute approximate surface area is 111 Å². The summed E-state index contributed by atoms with van der Waals surface area (Å²) in [5.41, 5.74) is -5.56. The fraction of sp³-hybridized carbons (Fsp3) is 1.00. The molecule has 0 spiro atoms. The van der Waals surface area contributed by atoms with Crippen molar-refractivity contribution in [2.45, 2.75) is 63.5 Å². The lowest BCUT2D eigenvalue weighted by Gasteiger charge is -2.43. The third-order valence-electron chi connectivity index (χ3n) is 3.17. The van der Waals surface area contributed by atoms with E-state index in [-0.39, 0.29) is 11.1 Å². The second-order valence-corrected chi connectivity index (χ2v) is 7.24. The molecule has 9 heteroatoms. The molecule has 0 radical (unpaired) electrons. The van der Waals surface area contributed by atoms with Crippen LogP contribution in [0.1, 0.15) is 47.0 Å². The largest absolute Gasteiger partial charge is 0.741 e. The minimum Gasteiger partial charge on any atom is -0.741 e. The standard InChI is InChI=1S/C9H19NO.CHF3O3S/c1-8(2)6-5-7-9(3,4)10(8)11;2-1(3,4)8(5,6)7/h11H,5-7H2,1-4H3;(H,5,6,7). The predicted octanol–water partition coefficient (Wildman–Crippen LogP) is 1.05. The molecular formula is C10H20F3NO4S. The summed E-state index contributed by atoms with van der Waals surface area (Å²) in [4.78, 5) is 0. The molecule has 2 N–H and O–H groups in total. The first kappa shape index (κ1) is 18.6. The van der Waals surface area contributed by atoms with Gasteiger partial charge >= 0.3 is 5.51 Å². The van der Waals surface area contributed by atoms with Gasteiger partial charge in [0.05, 0.1) is 0 Å². The monoisotopic (exact) mass is 307 g/mol. The van der Waals surface area contributed by atoms with Crippen molar-refractivity contribution < 1.29 is 36.4 Å². The second-order valence-electron chi connectivity index (χ2n) is 5.87. The highest BCUT2D eigenvalue weighted by molar-refractivity contribution is 7.86. The molecule has 1 aliphatic heterocycles. The normalized spacial score (nSPS) is 23.4. The lowest BCUT2D eigenvalue weighted by molar-refractivity contribution is -1.16. The molecule has 0 atom stereocenters. The number of hydrogen-bond donors (Lipinski definition) is 2. The third-order valence-corrected chi connectivity index (χ3v) is 3.74. The van der Waals surface area contributed by atoms with Gasteiger partial charge in [-0.25, -0.2) is 13.6 Å². The summed E-state index contributed by atoms with van der Waals surface area (Å²) in [5.74, 6) is 0. The number of piperidine rings is 1. The highest BCUT2D eigenvalue weighted by Crippen LogP contribution is 2.22. The Bertz CT molecular complexity index is 387. The number of nitrogens with one attached hydrogen (secondary N) is 1. The maximum atomic E-state index is 10.7. The van der Waals surface area contributed by atoms with Crippen molar-refractivity contribution in [3.63, 3.8) is 0 Å². The minimum absolute atomic E-state index is 0.0434. The fourth-order valence-electron chi connectivity index (χ4n) is 2.13. The first-order valence-electron chi connectivity index (χ1n) is 5.70. The van der Waals surface area contributed by atoms with Gasteiger partial charge in [-0.2, -0.15) is 18.2 Å². The number of hydroxylamine groups is 2. The van der Waals surface area contributed by atoms with Crippen LogP contribution in [0.5, 0.6) is 0 Å². The van der Waals surface area contributed by atoms with E-state index in [1.807, 2.05) is 0 Å². The number of halogens is 3. The van der Waals surface area contributed by atoms with Gasteiger partial charge in [0.25, 0.3) is 0 Å². The Morgan fingerprint density at radius 1 is 1.11 bits per heavy atom. The minimum atomic E-state index is -6.09. The number of quaternary nitrogens is 1. The predicted molar refractivity (Wildman–Crippen MR) is 60.5 cm³/mol. The molecule has 0 saturated carbocycles. The van der Waals surface area contributed by atoms with Crippen LogP contribution in [0.2, 0.25) is 0 Å². The van der Waals surface area contributed by atoms with E-state index in [9.17, 15) is 18.4 Å². The molecule has 0 amide bonds. The highest BCUT2D eigenvalue weighted by Gasteiger charge is 2.45. The summed E-state index contributed by atoms with van der Waals surface area (Å²) in [6.45, 7) is 8.51. The van der Waals surface area contributed by atoms with Crippen molar-refractivity contribution in [1.29, 1.82) is 0 Å². The van der Waals surface area contributed by atoms with Crippen LogP contribution in [0.25, 0.3) is 0 Å². The van der Waals surface area contributed by atoms with Gasteiger partial charge in [0.2, 0.25) is 0 Å². The van der Waals surface area contributed by atoms with Crippen molar-refractivity contribution in [2.24, 2.45) is 0 Å². The molecule has 1 fully saturated rings. The van der Waals surface area contributed by atoms with E-state index in [4.69, 9.17) is 13.0 Å². The zero-order valence-corrected chi connectivity index (χ0v) is 12.2. The van der Waals surface area contributed by atoms with Gasteiger partial charge in [-0.15, -0.1) is 0 Å². The van der Waals surface area contributed by atoms with Crippen molar-refractivity contribution in [3.8, 4) is 0 Å². The van der Waals surface area contributed by atoms with E-state index in [2.05, 4.69) is 27.7 Å². The molecule has 0 aliphatic carbocycles. The molecule has 0 bridgehead atoms. The summed E-state index contributed by atoms with van der Waals surface area (Å²) in [5, 5.41) is 10.6. The molecule has 0 unspecified atom stereocenters. The van der Waals surface area contributed by atoms with Crippen LogP contribution in [-0.2, 0) is 10.1 Å². The average molecular weight is 307 g/mol. The first-order chi connectivity index (χ1) is 8.11. The van der Waals surface area contributed by atoms with E-state index < -0.39 is 15.6 Å². The summed E-state index contributed by atoms with van der Waals surface area (Å²) in [6, 6.07) is 0. The molecule has 1 saturated heterocycles. The van der Waals surface area contributed by atoms with Gasteiger partial charge in [-0.1, -0.05) is 0 Å². The zero-order valence-electron chi connectivity index (χ0n) is 11.3. The summed E-state index contributed by atoms with van der Waals surface area (Å²) in [6.07, 6.45) is 3.49. The smallest absolute Gasteiger partial charge is 0.485 e. The average Bonchev–Trinajstić information content (AvgIpc) is 2.11. The SMILES string of the molecule is CC1(C)CCCC(C)(C)[NH+]1O.O=S(=O)([O-])C(F)(F)F.